The molecule has 7 rings (SSSR count). The number of nitrogens with one attached hydrogen (secondary N) is 3. The van der Waals surface area contributed by atoms with Crippen LogP contribution >= 0.6 is 0 Å². The van der Waals surface area contributed by atoms with E-state index in [9.17, 15) is 4.79 Å². The number of hydrogen-bond donors (Lipinski definition) is 3. The molecule has 1 unspecified atom stereocenters. The SMILES string of the molecule is CCOC(=O)C1=CNC(C)(N2CCN(Cc3ccc(Nc4ncc5c(n4)CN(c4cnc6c(c4C)NCCO6)CC5)cc3)CC2)N=C1. The molecule has 3 aromatic rings. The summed E-state index contributed by atoms with van der Waals surface area (Å²) < 4.78 is 10.8. The lowest BCUT2D eigenvalue weighted by molar-refractivity contribution is -0.137. The normalized spacial score (nSPS) is 21.0. The number of aliphatic imine (C=N–C) groups is 1. The number of aromatic nitrogens is 3. The summed E-state index contributed by atoms with van der Waals surface area (Å²) in [7, 11) is 0. The molecule has 1 aromatic carbocycles. The molecule has 4 aliphatic heterocycles. The number of benzene rings is 1. The molecule has 0 aliphatic carbocycles. The zero-order valence-electron chi connectivity index (χ0n) is 27.3. The molecular weight excluding hydrogens is 596 g/mol. The number of anilines is 4. The van der Waals surface area contributed by atoms with Crippen LogP contribution in [0.2, 0.25) is 0 Å². The number of carbonyl (C=O) groups is 1. The van der Waals surface area contributed by atoms with Crippen molar-refractivity contribution in [3.8, 4) is 5.88 Å². The lowest BCUT2D eigenvalue weighted by Gasteiger charge is -2.44. The van der Waals surface area contributed by atoms with Crippen LogP contribution in [0.5, 0.6) is 5.88 Å². The van der Waals surface area contributed by atoms with E-state index in [2.05, 4.69) is 76.8 Å². The van der Waals surface area contributed by atoms with Crippen LogP contribution in [0.3, 0.4) is 0 Å². The van der Waals surface area contributed by atoms with Gasteiger partial charge in [0, 0.05) is 75.7 Å². The summed E-state index contributed by atoms with van der Waals surface area (Å²) >= 11 is 0. The van der Waals surface area contributed by atoms with E-state index in [-0.39, 0.29) is 5.97 Å². The lowest BCUT2D eigenvalue weighted by Crippen LogP contribution is -2.60. The predicted octanol–water partition coefficient (Wildman–Crippen LogP) is 3.20. The number of rotatable bonds is 8. The predicted molar refractivity (Wildman–Crippen MR) is 181 cm³/mol. The Bertz CT molecular complexity index is 1690. The minimum atomic E-state index is -0.573. The fourth-order valence-corrected chi connectivity index (χ4v) is 6.50. The van der Waals surface area contributed by atoms with Gasteiger partial charge < -0.3 is 30.3 Å². The molecule has 0 spiro atoms. The summed E-state index contributed by atoms with van der Waals surface area (Å²) in [6, 6.07) is 8.50. The topological polar surface area (TPSA) is 132 Å². The largest absolute Gasteiger partial charge is 0.474 e. The Morgan fingerprint density at radius 1 is 1.11 bits per heavy atom. The Morgan fingerprint density at radius 3 is 2.70 bits per heavy atom. The highest BCUT2D eigenvalue weighted by Crippen LogP contribution is 2.36. The van der Waals surface area contributed by atoms with Crippen LogP contribution < -0.4 is 25.6 Å². The Balaban J connectivity index is 0.922. The Hall–Kier alpha value is -4.75. The molecule has 2 aromatic heterocycles. The number of pyridine rings is 1. The highest BCUT2D eigenvalue weighted by Gasteiger charge is 2.35. The van der Waals surface area contributed by atoms with Gasteiger partial charge in [-0.1, -0.05) is 12.1 Å². The molecule has 0 saturated carbocycles. The minimum Gasteiger partial charge on any atom is -0.474 e. The van der Waals surface area contributed by atoms with Crippen molar-refractivity contribution in [2.24, 2.45) is 4.99 Å². The van der Waals surface area contributed by atoms with E-state index in [1.807, 2.05) is 19.3 Å². The molecule has 1 atom stereocenters. The van der Waals surface area contributed by atoms with Gasteiger partial charge in [-0.3, -0.25) is 9.80 Å². The molecule has 47 heavy (non-hydrogen) atoms. The first kappa shape index (κ1) is 30.9. The van der Waals surface area contributed by atoms with E-state index < -0.39 is 5.79 Å². The van der Waals surface area contributed by atoms with Crippen molar-refractivity contribution in [3.05, 3.63) is 70.8 Å². The summed E-state index contributed by atoms with van der Waals surface area (Å²) in [5.41, 5.74) is 8.11. The first-order valence-corrected chi connectivity index (χ1v) is 16.4. The van der Waals surface area contributed by atoms with Gasteiger partial charge in [-0.2, -0.15) is 0 Å². The smallest absolute Gasteiger partial charge is 0.341 e. The third kappa shape index (κ3) is 6.58. The maximum atomic E-state index is 12.0. The molecule has 3 N–H and O–H groups in total. The molecule has 1 fully saturated rings. The van der Waals surface area contributed by atoms with Crippen molar-refractivity contribution in [2.75, 3.05) is 68.0 Å². The molecule has 6 heterocycles. The number of esters is 1. The third-order valence-corrected chi connectivity index (χ3v) is 9.28. The van der Waals surface area contributed by atoms with Crippen LogP contribution in [-0.4, -0.2) is 95.2 Å². The monoisotopic (exact) mass is 638 g/mol. The van der Waals surface area contributed by atoms with Crippen LogP contribution in [0.1, 0.15) is 36.2 Å². The Labute approximate surface area is 275 Å². The molecule has 1 saturated heterocycles. The lowest BCUT2D eigenvalue weighted by atomic mass is 10.0. The van der Waals surface area contributed by atoms with Gasteiger partial charge in [0.2, 0.25) is 11.8 Å². The summed E-state index contributed by atoms with van der Waals surface area (Å²) in [5.74, 6) is 0.347. The summed E-state index contributed by atoms with van der Waals surface area (Å²) in [6.45, 7) is 13.8. The van der Waals surface area contributed by atoms with Crippen LogP contribution in [0.15, 0.2) is 53.4 Å². The third-order valence-electron chi connectivity index (χ3n) is 9.28. The average Bonchev–Trinajstić information content (AvgIpc) is 3.10. The zero-order chi connectivity index (χ0) is 32.4. The van der Waals surface area contributed by atoms with Gasteiger partial charge >= 0.3 is 5.97 Å². The second-order valence-electron chi connectivity index (χ2n) is 12.4. The first-order chi connectivity index (χ1) is 22.9. The fraction of sp³-hybridized carbons (Fsp3) is 0.441. The van der Waals surface area contributed by atoms with Crippen molar-refractivity contribution in [1.82, 2.24) is 30.1 Å². The number of ether oxygens (including phenoxy) is 2. The fourth-order valence-electron chi connectivity index (χ4n) is 6.50. The van der Waals surface area contributed by atoms with Crippen molar-refractivity contribution in [2.45, 2.75) is 46.1 Å². The number of nitrogens with zero attached hydrogens (tertiary/aromatic N) is 7. The average molecular weight is 639 g/mol. The quantitative estimate of drug-likeness (QED) is 0.313. The van der Waals surface area contributed by atoms with E-state index in [1.54, 1.807) is 19.3 Å². The molecular formula is C34H42N10O3. The van der Waals surface area contributed by atoms with Gasteiger partial charge in [0.1, 0.15) is 12.3 Å². The number of carbonyl (C=O) groups excluding carboxylic acids is 1. The first-order valence-electron chi connectivity index (χ1n) is 16.4. The summed E-state index contributed by atoms with van der Waals surface area (Å²) in [4.78, 5) is 37.9. The van der Waals surface area contributed by atoms with Crippen molar-refractivity contribution in [1.29, 1.82) is 0 Å². The van der Waals surface area contributed by atoms with E-state index in [1.165, 1.54) is 11.1 Å². The van der Waals surface area contributed by atoms with E-state index in [4.69, 9.17) is 14.5 Å². The van der Waals surface area contributed by atoms with Gasteiger partial charge in [-0.05, 0) is 50.5 Å². The second-order valence-corrected chi connectivity index (χ2v) is 12.4. The molecule has 246 valence electrons. The Morgan fingerprint density at radius 2 is 1.94 bits per heavy atom. The number of fused-ring (bicyclic) bond motifs is 2. The van der Waals surface area contributed by atoms with Gasteiger partial charge in [-0.25, -0.2) is 24.7 Å². The molecule has 13 heteroatoms. The van der Waals surface area contributed by atoms with Crippen LogP contribution in [0.25, 0.3) is 0 Å². The summed E-state index contributed by atoms with van der Waals surface area (Å²) in [6.07, 6.45) is 8.07. The van der Waals surface area contributed by atoms with Gasteiger partial charge in [-0.15, -0.1) is 0 Å². The van der Waals surface area contributed by atoms with Crippen molar-refractivity contribution in [3.63, 3.8) is 0 Å². The maximum Gasteiger partial charge on any atom is 0.341 e. The van der Waals surface area contributed by atoms with E-state index in [0.717, 1.165) is 80.6 Å². The highest BCUT2D eigenvalue weighted by molar-refractivity contribution is 6.09. The maximum absolute atomic E-state index is 12.0. The van der Waals surface area contributed by atoms with Crippen molar-refractivity contribution < 1.29 is 14.3 Å². The highest BCUT2D eigenvalue weighted by atomic mass is 16.5. The summed E-state index contributed by atoms with van der Waals surface area (Å²) in [5, 5.41) is 10.1. The molecule has 0 amide bonds. The standard InChI is InChI=1S/C34H42N10O3/c1-4-46-32(45)26-18-38-34(3,39-19-26)44-14-12-42(13-15-44)21-24-5-7-27(8-6-24)40-33-37-17-25-9-11-43(22-28(25)41-33)29-20-36-31-30(23(29)2)35-10-16-47-31/h5-8,17-20,35,38H,4,9-16,21-22H2,1-3H3,(H,37,40,41). The molecule has 0 radical (unpaired) electrons. The van der Waals surface area contributed by atoms with Gasteiger partial charge in [0.25, 0.3) is 0 Å². The van der Waals surface area contributed by atoms with E-state index >= 15 is 0 Å². The van der Waals surface area contributed by atoms with Crippen molar-refractivity contribution >= 4 is 35.2 Å². The van der Waals surface area contributed by atoms with Crippen LogP contribution in [0, 0.1) is 6.92 Å². The number of hydrogen-bond acceptors (Lipinski definition) is 13. The van der Waals surface area contributed by atoms with Crippen LogP contribution in [-0.2, 0) is 29.0 Å². The molecule has 13 nitrogen and oxygen atoms in total. The van der Waals surface area contributed by atoms with E-state index in [0.29, 0.717) is 37.2 Å². The van der Waals surface area contributed by atoms with Crippen LogP contribution in [0.4, 0.5) is 23.0 Å². The van der Waals surface area contributed by atoms with Gasteiger partial charge in [0.05, 0.1) is 36.3 Å². The molecule has 4 aliphatic rings. The number of piperazine rings is 1. The zero-order valence-corrected chi connectivity index (χ0v) is 27.3. The molecule has 0 bridgehead atoms. The minimum absolute atomic E-state index is 0.342. The second kappa shape index (κ2) is 13.2. The Kier molecular flexibility index (Phi) is 8.65. The van der Waals surface area contributed by atoms with Gasteiger partial charge in [0.15, 0.2) is 5.79 Å².